The Kier molecular flexibility index (Phi) is 3.54. The van der Waals surface area contributed by atoms with Crippen LogP contribution in [0.5, 0.6) is 5.75 Å². The Hall–Kier alpha value is -1.68. The molecule has 0 aromatic heterocycles. The molecule has 3 N–H and O–H groups in total. The van der Waals surface area contributed by atoms with E-state index in [0.29, 0.717) is 0 Å². The van der Waals surface area contributed by atoms with Crippen molar-refractivity contribution in [3.8, 4) is 5.75 Å². The lowest BCUT2D eigenvalue weighted by molar-refractivity contribution is 0.412. The van der Waals surface area contributed by atoms with Gasteiger partial charge in [0, 0.05) is 17.1 Å². The molecule has 88 valence electrons. The fourth-order valence-electron chi connectivity index (χ4n) is 1.53. The van der Waals surface area contributed by atoms with Crippen LogP contribution in [0.4, 0.5) is 17.1 Å². The number of benzene rings is 2. The molecule has 0 amide bonds. The minimum atomic E-state index is 0.738. The summed E-state index contributed by atoms with van der Waals surface area (Å²) in [7, 11) is 1.64. The van der Waals surface area contributed by atoms with Crippen molar-refractivity contribution in [3.63, 3.8) is 0 Å². The van der Waals surface area contributed by atoms with Crippen LogP contribution in [0.2, 0.25) is 0 Å². The van der Waals surface area contributed by atoms with Crippen molar-refractivity contribution < 1.29 is 4.74 Å². The van der Waals surface area contributed by atoms with E-state index in [1.54, 1.807) is 7.11 Å². The largest absolute Gasteiger partial charge is 0.496 e. The van der Waals surface area contributed by atoms with E-state index in [1.165, 1.54) is 0 Å². The van der Waals surface area contributed by atoms with Crippen molar-refractivity contribution in [2.75, 3.05) is 18.2 Å². The molecule has 0 bridgehead atoms. The highest BCUT2D eigenvalue weighted by Crippen LogP contribution is 2.29. The molecule has 0 fully saturated rings. The summed E-state index contributed by atoms with van der Waals surface area (Å²) in [6.07, 6.45) is 0. The average Bonchev–Trinajstić information content (AvgIpc) is 2.29. The molecule has 2 aromatic carbocycles. The summed E-state index contributed by atoms with van der Waals surface area (Å²) >= 11 is 3.45. The molecule has 0 unspecified atom stereocenters. The first kappa shape index (κ1) is 11.8. The molecule has 17 heavy (non-hydrogen) atoms. The summed E-state index contributed by atoms with van der Waals surface area (Å²) in [6, 6.07) is 13.4. The standard InChI is InChI=1S/C13H13BrN2O/c1-17-13-6-5-11(8-12(13)14)16-10-4-2-3-9(15)7-10/h2-8,16H,15H2,1H3. The third kappa shape index (κ3) is 2.91. The van der Waals surface area contributed by atoms with E-state index in [9.17, 15) is 0 Å². The number of nitrogens with two attached hydrogens (primary N) is 1. The van der Waals surface area contributed by atoms with Crippen LogP contribution in [0, 0.1) is 0 Å². The predicted molar refractivity (Wildman–Crippen MR) is 74.8 cm³/mol. The quantitative estimate of drug-likeness (QED) is 0.847. The highest BCUT2D eigenvalue weighted by atomic mass is 79.9. The zero-order valence-electron chi connectivity index (χ0n) is 9.41. The van der Waals surface area contributed by atoms with Gasteiger partial charge in [0.05, 0.1) is 11.6 Å². The summed E-state index contributed by atoms with van der Waals surface area (Å²) in [5, 5.41) is 3.27. The number of methoxy groups -OCH3 is 1. The third-order valence-corrected chi connectivity index (χ3v) is 2.95. The van der Waals surface area contributed by atoms with Gasteiger partial charge in [-0.1, -0.05) is 6.07 Å². The Balaban J connectivity index is 2.22. The molecule has 2 rings (SSSR count). The maximum atomic E-state index is 5.72. The molecule has 4 heteroatoms. The van der Waals surface area contributed by atoms with E-state index in [2.05, 4.69) is 21.2 Å². The van der Waals surface area contributed by atoms with Crippen LogP contribution in [0.15, 0.2) is 46.9 Å². The van der Waals surface area contributed by atoms with Crippen LogP contribution < -0.4 is 15.8 Å². The predicted octanol–water partition coefficient (Wildman–Crippen LogP) is 3.78. The Morgan fingerprint density at radius 2 is 1.88 bits per heavy atom. The second kappa shape index (κ2) is 5.10. The first-order valence-electron chi connectivity index (χ1n) is 5.15. The van der Waals surface area contributed by atoms with Gasteiger partial charge in [-0.15, -0.1) is 0 Å². The van der Waals surface area contributed by atoms with Gasteiger partial charge in [0.15, 0.2) is 0 Å². The number of anilines is 3. The minimum absolute atomic E-state index is 0.738. The molecule has 0 aliphatic heterocycles. The topological polar surface area (TPSA) is 47.3 Å². The van der Waals surface area contributed by atoms with E-state index >= 15 is 0 Å². The van der Waals surface area contributed by atoms with Gasteiger partial charge in [-0.25, -0.2) is 0 Å². The van der Waals surface area contributed by atoms with Crippen LogP contribution in [-0.2, 0) is 0 Å². The van der Waals surface area contributed by atoms with E-state index < -0.39 is 0 Å². The molecule has 3 nitrogen and oxygen atoms in total. The zero-order valence-corrected chi connectivity index (χ0v) is 11.0. The van der Waals surface area contributed by atoms with Crippen molar-refractivity contribution in [1.82, 2.24) is 0 Å². The summed E-state index contributed by atoms with van der Waals surface area (Å²) < 4.78 is 6.09. The summed E-state index contributed by atoms with van der Waals surface area (Å²) in [6.45, 7) is 0. The summed E-state index contributed by atoms with van der Waals surface area (Å²) in [5.74, 6) is 0.808. The fraction of sp³-hybridized carbons (Fsp3) is 0.0769. The number of ether oxygens (including phenoxy) is 1. The van der Waals surface area contributed by atoms with Crippen molar-refractivity contribution in [2.45, 2.75) is 0 Å². The molecule has 0 heterocycles. The van der Waals surface area contributed by atoms with Crippen LogP contribution >= 0.6 is 15.9 Å². The number of nitrogens with one attached hydrogen (secondary N) is 1. The molecular weight excluding hydrogens is 280 g/mol. The molecule has 0 aliphatic rings. The number of hydrogen-bond acceptors (Lipinski definition) is 3. The Morgan fingerprint density at radius 3 is 2.53 bits per heavy atom. The van der Waals surface area contributed by atoms with Gasteiger partial charge in [0.2, 0.25) is 0 Å². The normalized spacial score (nSPS) is 10.0. The van der Waals surface area contributed by atoms with Crippen LogP contribution in [0.3, 0.4) is 0 Å². The maximum Gasteiger partial charge on any atom is 0.133 e. The summed E-state index contributed by atoms with van der Waals surface area (Å²) in [5.41, 5.74) is 8.39. The van der Waals surface area contributed by atoms with E-state index in [0.717, 1.165) is 27.3 Å². The SMILES string of the molecule is COc1ccc(Nc2cccc(N)c2)cc1Br. The lowest BCUT2D eigenvalue weighted by Gasteiger charge is -2.09. The molecule has 0 radical (unpaired) electrons. The van der Waals surface area contributed by atoms with Crippen LogP contribution in [0.25, 0.3) is 0 Å². The van der Waals surface area contributed by atoms with Gasteiger partial charge >= 0.3 is 0 Å². The smallest absolute Gasteiger partial charge is 0.133 e. The molecule has 0 saturated heterocycles. The third-order valence-electron chi connectivity index (χ3n) is 2.33. The molecule has 0 atom stereocenters. The first-order valence-corrected chi connectivity index (χ1v) is 5.94. The Bertz CT molecular complexity index is 529. The Labute approximate surface area is 109 Å². The average molecular weight is 293 g/mol. The molecule has 0 saturated carbocycles. The summed E-state index contributed by atoms with van der Waals surface area (Å²) in [4.78, 5) is 0. The zero-order chi connectivity index (χ0) is 12.3. The van der Waals surface area contributed by atoms with Gasteiger partial charge in [0.25, 0.3) is 0 Å². The van der Waals surface area contributed by atoms with Gasteiger partial charge < -0.3 is 15.8 Å². The van der Waals surface area contributed by atoms with Gasteiger partial charge in [-0.05, 0) is 52.3 Å². The number of rotatable bonds is 3. The lowest BCUT2D eigenvalue weighted by Crippen LogP contribution is -1.93. The van der Waals surface area contributed by atoms with Crippen molar-refractivity contribution in [2.24, 2.45) is 0 Å². The van der Waals surface area contributed by atoms with Gasteiger partial charge in [-0.2, -0.15) is 0 Å². The number of halogens is 1. The molecular formula is C13H13BrN2O. The van der Waals surface area contributed by atoms with Crippen LogP contribution in [-0.4, -0.2) is 7.11 Å². The van der Waals surface area contributed by atoms with Crippen molar-refractivity contribution >= 4 is 33.0 Å². The maximum absolute atomic E-state index is 5.72. The number of hydrogen-bond donors (Lipinski definition) is 2. The van der Waals surface area contributed by atoms with E-state index in [-0.39, 0.29) is 0 Å². The van der Waals surface area contributed by atoms with Crippen LogP contribution in [0.1, 0.15) is 0 Å². The fourth-order valence-corrected chi connectivity index (χ4v) is 2.07. The first-order chi connectivity index (χ1) is 8.19. The van der Waals surface area contributed by atoms with Gasteiger partial charge in [-0.3, -0.25) is 0 Å². The van der Waals surface area contributed by atoms with E-state index in [4.69, 9.17) is 10.5 Å². The number of nitrogen functional groups attached to an aromatic ring is 1. The molecule has 0 aliphatic carbocycles. The molecule has 0 spiro atoms. The Morgan fingerprint density at radius 1 is 1.12 bits per heavy atom. The second-order valence-corrected chi connectivity index (χ2v) is 4.45. The second-order valence-electron chi connectivity index (χ2n) is 3.60. The van der Waals surface area contributed by atoms with E-state index in [1.807, 2.05) is 42.5 Å². The van der Waals surface area contributed by atoms with Gasteiger partial charge in [0.1, 0.15) is 5.75 Å². The minimum Gasteiger partial charge on any atom is -0.496 e. The van der Waals surface area contributed by atoms with Crippen molar-refractivity contribution in [3.05, 3.63) is 46.9 Å². The molecule has 2 aromatic rings. The highest BCUT2D eigenvalue weighted by molar-refractivity contribution is 9.10. The monoisotopic (exact) mass is 292 g/mol. The highest BCUT2D eigenvalue weighted by Gasteiger charge is 2.01. The lowest BCUT2D eigenvalue weighted by atomic mass is 10.2. The van der Waals surface area contributed by atoms with Crippen molar-refractivity contribution in [1.29, 1.82) is 0 Å².